The van der Waals surface area contributed by atoms with E-state index in [0.717, 1.165) is 19.3 Å². The van der Waals surface area contributed by atoms with E-state index >= 15 is 0 Å². The molecule has 0 radical (unpaired) electrons. The first-order valence-electron chi connectivity index (χ1n) is 6.92. The first-order chi connectivity index (χ1) is 10.0. The fraction of sp³-hybridized carbons (Fsp3) is 0.467. The predicted octanol–water partition coefficient (Wildman–Crippen LogP) is 3.48. The molecule has 0 saturated heterocycles. The van der Waals surface area contributed by atoms with Crippen molar-refractivity contribution in [2.24, 2.45) is 5.73 Å². The van der Waals surface area contributed by atoms with Crippen LogP contribution in [0.25, 0.3) is 0 Å². The number of nitrogens with two attached hydrogens (primary N) is 1. The number of carbonyl (C=O) groups is 1. The van der Waals surface area contributed by atoms with Crippen LogP contribution in [-0.2, 0) is 9.53 Å². The monoisotopic (exact) mass is 329 g/mol. The summed E-state index contributed by atoms with van der Waals surface area (Å²) >= 11 is 10.9. The second-order valence-electron chi connectivity index (χ2n) is 4.47. The average molecular weight is 330 g/mol. The molecule has 1 aromatic carbocycles. The minimum absolute atomic E-state index is 0.149. The van der Waals surface area contributed by atoms with Gasteiger partial charge in [0.2, 0.25) is 0 Å². The summed E-state index contributed by atoms with van der Waals surface area (Å²) in [5.74, 6) is 0.449. The maximum Gasteiger partial charge on any atom is 0.305 e. The molecule has 0 aliphatic rings. The van der Waals surface area contributed by atoms with Gasteiger partial charge in [-0.2, -0.15) is 0 Å². The Morgan fingerprint density at radius 3 is 2.76 bits per heavy atom. The molecule has 6 heteroatoms. The van der Waals surface area contributed by atoms with Gasteiger partial charge in [0.15, 0.2) is 0 Å². The van der Waals surface area contributed by atoms with Gasteiger partial charge in [-0.05, 0) is 44.4 Å². The van der Waals surface area contributed by atoms with E-state index in [9.17, 15) is 4.79 Å². The molecule has 0 saturated carbocycles. The fourth-order valence-electron chi connectivity index (χ4n) is 1.78. The molecule has 1 rings (SSSR count). The van der Waals surface area contributed by atoms with Crippen LogP contribution < -0.4 is 10.5 Å². The second kappa shape index (κ2) is 9.58. The van der Waals surface area contributed by atoms with Crippen LogP contribution >= 0.6 is 23.8 Å². The molecule has 1 aromatic rings. The lowest BCUT2D eigenvalue weighted by Crippen LogP contribution is -2.12. The van der Waals surface area contributed by atoms with Crippen LogP contribution in [0.1, 0.15) is 38.2 Å². The highest BCUT2D eigenvalue weighted by atomic mass is 35.5. The molecule has 0 unspecified atom stereocenters. The van der Waals surface area contributed by atoms with Gasteiger partial charge in [-0.15, -0.1) is 0 Å². The lowest BCUT2D eigenvalue weighted by Gasteiger charge is -2.11. The summed E-state index contributed by atoms with van der Waals surface area (Å²) in [4.78, 5) is 11.4. The SMILES string of the molecule is CCOC(=O)CCCCCOc1cc(Cl)ccc1C(N)=S. The van der Waals surface area contributed by atoms with E-state index in [-0.39, 0.29) is 11.0 Å². The number of rotatable bonds is 9. The Labute approximate surface area is 135 Å². The topological polar surface area (TPSA) is 61.5 Å². The largest absolute Gasteiger partial charge is 0.493 e. The lowest BCUT2D eigenvalue weighted by molar-refractivity contribution is -0.143. The summed E-state index contributed by atoms with van der Waals surface area (Å²) in [6.45, 7) is 2.76. The van der Waals surface area contributed by atoms with Gasteiger partial charge >= 0.3 is 5.97 Å². The molecule has 116 valence electrons. The third-order valence-electron chi connectivity index (χ3n) is 2.80. The van der Waals surface area contributed by atoms with Crippen molar-refractivity contribution < 1.29 is 14.3 Å². The molecule has 0 fully saturated rings. The Hall–Kier alpha value is -1.33. The number of benzene rings is 1. The van der Waals surface area contributed by atoms with Crippen LogP contribution in [-0.4, -0.2) is 24.2 Å². The maximum absolute atomic E-state index is 11.2. The molecule has 0 heterocycles. The van der Waals surface area contributed by atoms with Crippen LogP contribution in [0.15, 0.2) is 18.2 Å². The molecule has 0 aromatic heterocycles. The fourth-order valence-corrected chi connectivity index (χ4v) is 2.11. The highest BCUT2D eigenvalue weighted by molar-refractivity contribution is 7.80. The average Bonchev–Trinajstić information content (AvgIpc) is 2.42. The maximum atomic E-state index is 11.2. The third-order valence-corrected chi connectivity index (χ3v) is 3.25. The van der Waals surface area contributed by atoms with Gasteiger partial charge in [0, 0.05) is 11.4 Å². The van der Waals surface area contributed by atoms with E-state index in [0.29, 0.717) is 36.0 Å². The van der Waals surface area contributed by atoms with Gasteiger partial charge < -0.3 is 15.2 Å². The minimum atomic E-state index is -0.149. The van der Waals surface area contributed by atoms with Gasteiger partial charge in [-0.25, -0.2) is 0 Å². The van der Waals surface area contributed by atoms with Crippen molar-refractivity contribution in [1.82, 2.24) is 0 Å². The number of halogens is 1. The summed E-state index contributed by atoms with van der Waals surface area (Å²) in [6, 6.07) is 5.18. The summed E-state index contributed by atoms with van der Waals surface area (Å²) in [6.07, 6.45) is 2.97. The smallest absolute Gasteiger partial charge is 0.305 e. The standard InChI is InChI=1S/C15H20ClNO3S/c1-2-19-14(18)6-4-3-5-9-20-13-10-11(16)7-8-12(13)15(17)21/h7-8,10H,2-6,9H2,1H3,(H2,17,21). The van der Waals surface area contributed by atoms with E-state index in [4.69, 9.17) is 39.0 Å². The highest BCUT2D eigenvalue weighted by Crippen LogP contribution is 2.23. The molecule has 0 atom stereocenters. The minimum Gasteiger partial charge on any atom is -0.493 e. The van der Waals surface area contributed by atoms with Crippen molar-refractivity contribution in [2.75, 3.05) is 13.2 Å². The zero-order valence-corrected chi connectivity index (χ0v) is 13.6. The van der Waals surface area contributed by atoms with E-state index in [1.54, 1.807) is 25.1 Å². The highest BCUT2D eigenvalue weighted by Gasteiger charge is 2.07. The zero-order chi connectivity index (χ0) is 15.7. The molecule has 0 spiro atoms. The van der Waals surface area contributed by atoms with Crippen molar-refractivity contribution in [2.45, 2.75) is 32.6 Å². The molecule has 0 aliphatic heterocycles. The molecule has 0 amide bonds. The molecule has 21 heavy (non-hydrogen) atoms. The van der Waals surface area contributed by atoms with Crippen LogP contribution in [0, 0.1) is 0 Å². The van der Waals surface area contributed by atoms with Crippen LogP contribution in [0.2, 0.25) is 5.02 Å². The normalized spacial score (nSPS) is 10.2. The number of esters is 1. The molecule has 4 nitrogen and oxygen atoms in total. The Bertz CT molecular complexity index is 494. The molecule has 0 bridgehead atoms. The first-order valence-corrected chi connectivity index (χ1v) is 7.71. The Morgan fingerprint density at radius 1 is 1.33 bits per heavy atom. The van der Waals surface area contributed by atoms with Crippen molar-refractivity contribution in [3.63, 3.8) is 0 Å². The number of hydrogen-bond donors (Lipinski definition) is 1. The molecule has 0 aliphatic carbocycles. The van der Waals surface area contributed by atoms with E-state index in [2.05, 4.69) is 0 Å². The summed E-state index contributed by atoms with van der Waals surface area (Å²) < 4.78 is 10.5. The predicted molar refractivity (Wildman–Crippen MR) is 87.9 cm³/mol. The Morgan fingerprint density at radius 2 is 2.10 bits per heavy atom. The number of carbonyl (C=O) groups excluding carboxylic acids is 1. The number of thiocarbonyl (C=S) groups is 1. The van der Waals surface area contributed by atoms with E-state index in [1.807, 2.05) is 0 Å². The van der Waals surface area contributed by atoms with Crippen LogP contribution in [0.3, 0.4) is 0 Å². The Kier molecular flexibility index (Phi) is 8.08. The van der Waals surface area contributed by atoms with Gasteiger partial charge in [0.1, 0.15) is 10.7 Å². The quantitative estimate of drug-likeness (QED) is 0.427. The number of unbranched alkanes of at least 4 members (excludes halogenated alkanes) is 2. The molecular formula is C15H20ClNO3S. The summed E-state index contributed by atoms with van der Waals surface area (Å²) in [7, 11) is 0. The molecular weight excluding hydrogens is 310 g/mol. The van der Waals surface area contributed by atoms with Crippen LogP contribution in [0.5, 0.6) is 5.75 Å². The first kappa shape index (κ1) is 17.7. The van der Waals surface area contributed by atoms with Crippen molar-refractivity contribution in [3.8, 4) is 5.75 Å². The molecule has 2 N–H and O–H groups in total. The van der Waals surface area contributed by atoms with E-state index in [1.165, 1.54) is 0 Å². The second-order valence-corrected chi connectivity index (χ2v) is 5.35. The summed E-state index contributed by atoms with van der Waals surface area (Å²) in [5.41, 5.74) is 6.32. The number of hydrogen-bond acceptors (Lipinski definition) is 4. The van der Waals surface area contributed by atoms with Gasteiger partial charge in [0.25, 0.3) is 0 Å². The van der Waals surface area contributed by atoms with Crippen LogP contribution in [0.4, 0.5) is 0 Å². The van der Waals surface area contributed by atoms with E-state index < -0.39 is 0 Å². The third kappa shape index (κ3) is 6.78. The van der Waals surface area contributed by atoms with Crippen molar-refractivity contribution >= 4 is 34.8 Å². The summed E-state index contributed by atoms with van der Waals surface area (Å²) in [5, 5.41) is 0.576. The Balaban J connectivity index is 2.31. The van der Waals surface area contributed by atoms with Gasteiger partial charge in [0.05, 0.1) is 18.8 Å². The van der Waals surface area contributed by atoms with Gasteiger partial charge in [-0.1, -0.05) is 23.8 Å². The van der Waals surface area contributed by atoms with Crippen molar-refractivity contribution in [3.05, 3.63) is 28.8 Å². The zero-order valence-electron chi connectivity index (χ0n) is 12.1. The number of ether oxygens (including phenoxy) is 2. The van der Waals surface area contributed by atoms with Crippen molar-refractivity contribution in [1.29, 1.82) is 0 Å². The van der Waals surface area contributed by atoms with Gasteiger partial charge in [-0.3, -0.25) is 4.79 Å². The lowest BCUT2D eigenvalue weighted by atomic mass is 10.2.